The van der Waals surface area contributed by atoms with Gasteiger partial charge in [0.1, 0.15) is 11.1 Å². The van der Waals surface area contributed by atoms with E-state index in [0.29, 0.717) is 22.2 Å². The van der Waals surface area contributed by atoms with Gasteiger partial charge in [0.15, 0.2) is 5.57 Å². The van der Waals surface area contributed by atoms with Crippen LogP contribution in [0.15, 0.2) is 58.9 Å². The monoisotopic (exact) mass is 315 g/mol. The number of carbonyl (C=O) groups is 1. The maximum atomic E-state index is 10.8. The second-order valence-corrected chi connectivity index (χ2v) is 5.43. The van der Waals surface area contributed by atoms with Gasteiger partial charge in [0, 0.05) is 29.5 Å². The predicted octanol–water partition coefficient (Wildman–Crippen LogP) is 3.29. The van der Waals surface area contributed by atoms with E-state index in [4.69, 9.17) is 10.4 Å². The molecule has 1 aromatic rings. The SMILES string of the molecule is C=C1S/C(=C(/C#N)C(=O)O)N(CC)C1=C.Cc1cccnc1. The lowest BCUT2D eigenvalue weighted by Crippen LogP contribution is -2.17. The molecule has 0 radical (unpaired) electrons. The van der Waals surface area contributed by atoms with E-state index >= 15 is 0 Å². The molecule has 0 aromatic carbocycles. The zero-order chi connectivity index (χ0) is 16.7. The smallest absolute Gasteiger partial charge is 0.349 e. The van der Waals surface area contributed by atoms with E-state index < -0.39 is 5.97 Å². The lowest BCUT2D eigenvalue weighted by Gasteiger charge is -2.17. The van der Waals surface area contributed by atoms with Crippen molar-refractivity contribution in [2.45, 2.75) is 13.8 Å². The molecule has 0 atom stereocenters. The molecule has 0 bridgehead atoms. The Morgan fingerprint density at radius 1 is 1.55 bits per heavy atom. The highest BCUT2D eigenvalue weighted by molar-refractivity contribution is 8.07. The Bertz CT molecular complexity index is 660. The van der Waals surface area contributed by atoms with Gasteiger partial charge in [-0.3, -0.25) is 4.98 Å². The summed E-state index contributed by atoms with van der Waals surface area (Å²) in [6.07, 6.45) is 3.60. The molecule has 0 amide bonds. The van der Waals surface area contributed by atoms with Crippen LogP contribution in [0.3, 0.4) is 0 Å². The molecular weight excluding hydrogens is 298 g/mol. The van der Waals surface area contributed by atoms with E-state index in [-0.39, 0.29) is 5.57 Å². The number of aromatic nitrogens is 1. The standard InChI is InChI=1S/C10H10N2O2S.C6H7N/c1-4-12-6(2)7(3)15-9(12)8(5-11)10(13)14;1-6-3-2-4-7-5-6/h2-4H2,1H3,(H,13,14);2-5H,1H3/b9-8-;. The van der Waals surface area contributed by atoms with Gasteiger partial charge in [-0.2, -0.15) is 5.26 Å². The van der Waals surface area contributed by atoms with Crippen LogP contribution in [0.4, 0.5) is 0 Å². The molecule has 0 aliphatic carbocycles. The van der Waals surface area contributed by atoms with E-state index in [0.717, 1.165) is 0 Å². The number of aryl methyl sites for hydroxylation is 1. The second kappa shape index (κ2) is 8.05. The van der Waals surface area contributed by atoms with Gasteiger partial charge < -0.3 is 10.0 Å². The minimum atomic E-state index is -1.22. The van der Waals surface area contributed by atoms with Gasteiger partial charge in [0.25, 0.3) is 0 Å². The van der Waals surface area contributed by atoms with Crippen molar-refractivity contribution in [1.82, 2.24) is 9.88 Å². The summed E-state index contributed by atoms with van der Waals surface area (Å²) in [6.45, 7) is 12.0. The van der Waals surface area contributed by atoms with Crippen LogP contribution in [-0.2, 0) is 4.79 Å². The van der Waals surface area contributed by atoms with Crippen molar-refractivity contribution in [3.8, 4) is 6.07 Å². The lowest BCUT2D eigenvalue weighted by molar-refractivity contribution is -0.132. The molecule has 114 valence electrons. The van der Waals surface area contributed by atoms with Crippen LogP contribution in [0.1, 0.15) is 12.5 Å². The Labute approximate surface area is 134 Å². The first-order valence-electron chi connectivity index (χ1n) is 6.50. The van der Waals surface area contributed by atoms with Gasteiger partial charge in [0.05, 0.1) is 0 Å². The highest BCUT2D eigenvalue weighted by Gasteiger charge is 2.29. The fourth-order valence-corrected chi connectivity index (χ4v) is 2.71. The summed E-state index contributed by atoms with van der Waals surface area (Å²) in [4.78, 5) is 17.1. The quantitative estimate of drug-likeness (QED) is 0.666. The average molecular weight is 315 g/mol. The summed E-state index contributed by atoms with van der Waals surface area (Å²) in [5, 5.41) is 18.0. The van der Waals surface area contributed by atoms with Crippen molar-refractivity contribution in [1.29, 1.82) is 5.26 Å². The molecule has 6 heteroatoms. The Morgan fingerprint density at radius 3 is 2.59 bits per heavy atom. The first-order chi connectivity index (χ1) is 10.4. The third-order valence-corrected chi connectivity index (χ3v) is 3.88. The molecular formula is C16H17N3O2S. The normalized spacial score (nSPS) is 15.8. The predicted molar refractivity (Wildman–Crippen MR) is 87.5 cm³/mol. The van der Waals surface area contributed by atoms with Crippen molar-refractivity contribution in [2.75, 3.05) is 6.54 Å². The van der Waals surface area contributed by atoms with Gasteiger partial charge in [-0.25, -0.2) is 4.79 Å². The van der Waals surface area contributed by atoms with Crippen LogP contribution in [-0.4, -0.2) is 27.5 Å². The minimum absolute atomic E-state index is 0.262. The number of nitriles is 1. The number of rotatable bonds is 2. The van der Waals surface area contributed by atoms with Gasteiger partial charge >= 0.3 is 5.97 Å². The Balaban J connectivity index is 0.000000287. The largest absolute Gasteiger partial charge is 0.477 e. The van der Waals surface area contributed by atoms with Crippen molar-refractivity contribution >= 4 is 17.7 Å². The van der Waals surface area contributed by atoms with Crippen LogP contribution in [0, 0.1) is 18.3 Å². The summed E-state index contributed by atoms with van der Waals surface area (Å²) < 4.78 is 0. The number of pyridine rings is 1. The minimum Gasteiger partial charge on any atom is -0.477 e. The van der Waals surface area contributed by atoms with E-state index in [2.05, 4.69) is 18.1 Å². The maximum Gasteiger partial charge on any atom is 0.349 e. The van der Waals surface area contributed by atoms with Crippen LogP contribution in [0.2, 0.25) is 0 Å². The molecule has 1 saturated heterocycles. The highest BCUT2D eigenvalue weighted by atomic mass is 32.2. The van der Waals surface area contributed by atoms with E-state index in [1.54, 1.807) is 17.2 Å². The number of aliphatic carboxylic acids is 1. The summed E-state index contributed by atoms with van der Waals surface area (Å²) in [5.74, 6) is -1.22. The third-order valence-electron chi connectivity index (χ3n) is 2.78. The number of nitrogens with zero attached hydrogens (tertiary/aromatic N) is 3. The highest BCUT2D eigenvalue weighted by Crippen LogP contribution is 2.43. The first kappa shape index (κ1) is 17.5. The fourth-order valence-electron chi connectivity index (χ4n) is 1.66. The second-order valence-electron chi connectivity index (χ2n) is 4.34. The zero-order valence-electron chi connectivity index (χ0n) is 12.5. The van der Waals surface area contributed by atoms with Crippen molar-refractivity contribution < 1.29 is 9.90 Å². The Kier molecular flexibility index (Phi) is 6.42. The summed E-state index contributed by atoms with van der Waals surface area (Å²) in [7, 11) is 0. The van der Waals surface area contributed by atoms with Crippen LogP contribution in [0.5, 0.6) is 0 Å². The van der Waals surface area contributed by atoms with Crippen molar-refractivity contribution in [2.24, 2.45) is 0 Å². The fraction of sp³-hybridized carbons (Fsp3) is 0.188. The van der Waals surface area contributed by atoms with Crippen molar-refractivity contribution in [3.63, 3.8) is 0 Å². The van der Waals surface area contributed by atoms with E-state index in [9.17, 15) is 4.79 Å². The molecule has 1 fully saturated rings. The number of hydrogen-bond donors (Lipinski definition) is 1. The van der Waals surface area contributed by atoms with Crippen LogP contribution >= 0.6 is 11.8 Å². The van der Waals surface area contributed by atoms with Gasteiger partial charge in [-0.05, 0) is 25.5 Å². The average Bonchev–Trinajstić information content (AvgIpc) is 2.76. The zero-order valence-corrected chi connectivity index (χ0v) is 13.4. The van der Waals surface area contributed by atoms with Gasteiger partial charge in [-0.15, -0.1) is 0 Å². The molecule has 5 nitrogen and oxygen atoms in total. The molecule has 0 saturated carbocycles. The number of hydrogen-bond acceptors (Lipinski definition) is 5. The van der Waals surface area contributed by atoms with Crippen molar-refractivity contribution in [3.05, 3.63) is 64.5 Å². The molecule has 0 unspecified atom stereocenters. The van der Waals surface area contributed by atoms with Crippen LogP contribution < -0.4 is 0 Å². The topological polar surface area (TPSA) is 77.2 Å². The molecule has 1 aromatic heterocycles. The molecule has 0 spiro atoms. The van der Waals surface area contributed by atoms with Gasteiger partial charge in [-0.1, -0.05) is 31.0 Å². The van der Waals surface area contributed by atoms with E-state index in [1.165, 1.54) is 17.3 Å². The molecule has 1 N–H and O–H groups in total. The Hall–Kier alpha value is -2.52. The molecule has 22 heavy (non-hydrogen) atoms. The lowest BCUT2D eigenvalue weighted by atomic mass is 10.3. The molecule has 1 aliphatic rings. The molecule has 2 heterocycles. The molecule has 2 rings (SSSR count). The van der Waals surface area contributed by atoms with Crippen LogP contribution in [0.25, 0.3) is 0 Å². The number of thioether (sulfide) groups is 1. The molecule has 1 aliphatic heterocycles. The number of carboxylic acids is 1. The third kappa shape index (κ3) is 4.24. The maximum absolute atomic E-state index is 10.8. The Morgan fingerprint density at radius 2 is 2.23 bits per heavy atom. The number of likely N-dealkylation sites (N-methyl/N-ethyl adjacent to an activating group) is 1. The van der Waals surface area contributed by atoms with Gasteiger partial charge in [0.2, 0.25) is 0 Å². The first-order valence-corrected chi connectivity index (χ1v) is 7.31. The summed E-state index contributed by atoms with van der Waals surface area (Å²) >= 11 is 1.18. The summed E-state index contributed by atoms with van der Waals surface area (Å²) in [6, 6.07) is 5.63. The van der Waals surface area contributed by atoms with E-state index in [1.807, 2.05) is 32.2 Å². The summed E-state index contributed by atoms with van der Waals surface area (Å²) in [5.41, 5.74) is 1.61. The number of carboxylic acid groups (broad SMARTS) is 1.